The summed E-state index contributed by atoms with van der Waals surface area (Å²) in [6.07, 6.45) is 2.04. The van der Waals surface area contributed by atoms with E-state index in [9.17, 15) is 9.90 Å². The first kappa shape index (κ1) is 24.2. The van der Waals surface area contributed by atoms with Gasteiger partial charge in [-0.1, -0.05) is 19.4 Å². The van der Waals surface area contributed by atoms with Crippen molar-refractivity contribution in [3.8, 4) is 23.0 Å². The summed E-state index contributed by atoms with van der Waals surface area (Å²) in [7, 11) is 0. The standard InChI is InChI=1S/C27H27N3O4S/c1-4-5-12-33-20-9-6-18(7-10-20)25(32)30-27(35)28-19-8-11-21(23(31)15-19)26-29-22-14-16(2)13-17(3)24(22)34-26/h6-11,13-15,31H,4-5,12H2,1-3H3,(H2,28,30,32,35). The van der Waals surface area contributed by atoms with Crippen LogP contribution in [0.2, 0.25) is 0 Å². The van der Waals surface area contributed by atoms with E-state index in [4.69, 9.17) is 21.4 Å². The third-order valence-electron chi connectivity index (χ3n) is 5.42. The molecule has 3 aromatic carbocycles. The second-order valence-electron chi connectivity index (χ2n) is 8.32. The first-order chi connectivity index (χ1) is 16.8. The number of amides is 1. The molecule has 0 unspecified atom stereocenters. The maximum atomic E-state index is 12.5. The average Bonchev–Trinajstić information content (AvgIpc) is 3.23. The molecule has 1 heterocycles. The number of nitrogens with one attached hydrogen (secondary N) is 2. The largest absolute Gasteiger partial charge is 0.507 e. The normalized spacial score (nSPS) is 10.8. The van der Waals surface area contributed by atoms with Gasteiger partial charge in [0.05, 0.1) is 12.2 Å². The van der Waals surface area contributed by atoms with Crippen LogP contribution in [0.25, 0.3) is 22.6 Å². The predicted molar refractivity (Wildman–Crippen MR) is 141 cm³/mol. The number of unbranched alkanes of at least 4 members (excludes halogenated alkanes) is 1. The van der Waals surface area contributed by atoms with Gasteiger partial charge >= 0.3 is 0 Å². The molecule has 0 spiro atoms. The Morgan fingerprint density at radius 2 is 1.89 bits per heavy atom. The molecule has 1 amide bonds. The number of aromatic hydroxyl groups is 1. The highest BCUT2D eigenvalue weighted by molar-refractivity contribution is 7.80. The Kier molecular flexibility index (Phi) is 7.31. The number of phenols is 1. The monoisotopic (exact) mass is 489 g/mol. The van der Waals surface area contributed by atoms with E-state index < -0.39 is 0 Å². The van der Waals surface area contributed by atoms with E-state index in [1.165, 1.54) is 6.07 Å². The SMILES string of the molecule is CCCCOc1ccc(C(=O)NC(=S)Nc2ccc(-c3nc4cc(C)cc(C)c4o3)c(O)c2)cc1. The number of hydrogen-bond acceptors (Lipinski definition) is 6. The molecule has 0 bridgehead atoms. The molecular formula is C27H27N3O4S. The van der Waals surface area contributed by atoms with Gasteiger partial charge in [-0.25, -0.2) is 4.98 Å². The van der Waals surface area contributed by atoms with E-state index in [-0.39, 0.29) is 16.8 Å². The van der Waals surface area contributed by atoms with Crippen molar-refractivity contribution >= 4 is 40.0 Å². The fourth-order valence-electron chi connectivity index (χ4n) is 3.66. The molecule has 4 rings (SSSR count). The second kappa shape index (κ2) is 10.6. The zero-order valence-corrected chi connectivity index (χ0v) is 20.7. The number of phenolic OH excluding ortho intramolecular Hbond substituents is 1. The Balaban J connectivity index is 1.40. The van der Waals surface area contributed by atoms with Gasteiger partial charge in [0.15, 0.2) is 10.7 Å². The molecule has 0 aliphatic carbocycles. The van der Waals surface area contributed by atoms with E-state index in [0.29, 0.717) is 34.9 Å². The number of nitrogens with zero attached hydrogens (tertiary/aromatic N) is 1. The fourth-order valence-corrected chi connectivity index (χ4v) is 3.87. The van der Waals surface area contributed by atoms with Gasteiger partial charge in [0, 0.05) is 17.3 Å². The summed E-state index contributed by atoms with van der Waals surface area (Å²) in [5, 5.41) is 16.3. The fraction of sp³-hybridized carbons (Fsp3) is 0.222. The molecular weight excluding hydrogens is 462 g/mol. The van der Waals surface area contributed by atoms with Gasteiger partial charge in [0.1, 0.15) is 17.0 Å². The number of aryl methyl sites for hydroxylation is 2. The van der Waals surface area contributed by atoms with Crippen LogP contribution >= 0.6 is 12.2 Å². The van der Waals surface area contributed by atoms with Gasteiger partial charge in [-0.2, -0.15) is 0 Å². The van der Waals surface area contributed by atoms with E-state index in [2.05, 4.69) is 22.5 Å². The molecule has 180 valence electrons. The molecule has 3 N–H and O–H groups in total. The molecule has 7 nitrogen and oxygen atoms in total. The maximum Gasteiger partial charge on any atom is 0.257 e. The molecule has 0 atom stereocenters. The molecule has 0 fully saturated rings. The summed E-state index contributed by atoms with van der Waals surface area (Å²) in [5.41, 5.74) is 4.93. The average molecular weight is 490 g/mol. The lowest BCUT2D eigenvalue weighted by Crippen LogP contribution is -2.34. The summed E-state index contributed by atoms with van der Waals surface area (Å²) >= 11 is 5.27. The van der Waals surface area contributed by atoms with Crippen LogP contribution in [0.15, 0.2) is 59.0 Å². The van der Waals surface area contributed by atoms with Crippen molar-refractivity contribution in [1.29, 1.82) is 0 Å². The number of aromatic nitrogens is 1. The van der Waals surface area contributed by atoms with Crippen molar-refractivity contribution in [2.75, 3.05) is 11.9 Å². The number of carbonyl (C=O) groups is 1. The number of hydrogen-bond donors (Lipinski definition) is 3. The first-order valence-corrected chi connectivity index (χ1v) is 11.8. The zero-order chi connectivity index (χ0) is 24.9. The van der Waals surface area contributed by atoms with Crippen molar-refractivity contribution in [3.05, 3.63) is 71.3 Å². The predicted octanol–water partition coefficient (Wildman–Crippen LogP) is 6.12. The number of anilines is 1. The van der Waals surface area contributed by atoms with E-state index >= 15 is 0 Å². The van der Waals surface area contributed by atoms with Crippen molar-refractivity contribution in [3.63, 3.8) is 0 Å². The Labute approximate surface area is 209 Å². The maximum absolute atomic E-state index is 12.5. The molecule has 0 aliphatic rings. The number of benzene rings is 3. The van der Waals surface area contributed by atoms with Gasteiger partial charge in [0.25, 0.3) is 5.91 Å². The summed E-state index contributed by atoms with van der Waals surface area (Å²) in [6, 6.07) is 15.8. The summed E-state index contributed by atoms with van der Waals surface area (Å²) in [4.78, 5) is 17.0. The molecule has 0 radical (unpaired) electrons. The zero-order valence-electron chi connectivity index (χ0n) is 19.8. The van der Waals surface area contributed by atoms with Crippen LogP contribution in [-0.2, 0) is 0 Å². The van der Waals surface area contributed by atoms with Crippen LogP contribution in [0, 0.1) is 13.8 Å². The number of rotatable bonds is 7. The van der Waals surface area contributed by atoms with Crippen LogP contribution in [0.1, 0.15) is 41.3 Å². The lowest BCUT2D eigenvalue weighted by Gasteiger charge is -2.11. The topological polar surface area (TPSA) is 96.6 Å². The van der Waals surface area contributed by atoms with Gasteiger partial charge in [0.2, 0.25) is 5.89 Å². The van der Waals surface area contributed by atoms with Crippen molar-refractivity contribution in [1.82, 2.24) is 10.3 Å². The highest BCUT2D eigenvalue weighted by atomic mass is 32.1. The van der Waals surface area contributed by atoms with Crippen LogP contribution < -0.4 is 15.4 Å². The Hall–Kier alpha value is -3.91. The van der Waals surface area contributed by atoms with E-state index in [1.807, 2.05) is 26.0 Å². The minimum absolute atomic E-state index is 0.0243. The second-order valence-corrected chi connectivity index (χ2v) is 8.72. The lowest BCUT2D eigenvalue weighted by atomic mass is 10.1. The Morgan fingerprint density at radius 1 is 1.11 bits per heavy atom. The smallest absolute Gasteiger partial charge is 0.257 e. The number of oxazole rings is 1. The molecule has 8 heteroatoms. The van der Waals surface area contributed by atoms with Gasteiger partial charge in [-0.05, 0) is 86.1 Å². The third-order valence-corrected chi connectivity index (χ3v) is 5.62. The molecule has 0 saturated carbocycles. The molecule has 35 heavy (non-hydrogen) atoms. The number of thiocarbonyl (C=S) groups is 1. The summed E-state index contributed by atoms with van der Waals surface area (Å²) in [6.45, 7) is 6.71. The molecule has 1 aromatic heterocycles. The van der Waals surface area contributed by atoms with Crippen molar-refractivity contribution in [2.24, 2.45) is 0 Å². The minimum atomic E-state index is -0.347. The van der Waals surface area contributed by atoms with Crippen LogP contribution in [0.3, 0.4) is 0 Å². The quantitative estimate of drug-likeness (QED) is 0.212. The van der Waals surface area contributed by atoms with Crippen molar-refractivity contribution < 1.29 is 19.1 Å². The van der Waals surface area contributed by atoms with Gasteiger partial charge in [-0.15, -0.1) is 0 Å². The van der Waals surface area contributed by atoms with Crippen LogP contribution in [0.4, 0.5) is 5.69 Å². The summed E-state index contributed by atoms with van der Waals surface area (Å²) in [5.74, 6) is 0.676. The molecule has 0 saturated heterocycles. The number of carbonyl (C=O) groups excluding carboxylic acids is 1. The van der Waals surface area contributed by atoms with Crippen LogP contribution in [0.5, 0.6) is 11.5 Å². The molecule has 0 aliphatic heterocycles. The lowest BCUT2D eigenvalue weighted by molar-refractivity contribution is 0.0977. The Bertz CT molecular complexity index is 1380. The number of ether oxygens (including phenoxy) is 1. The third kappa shape index (κ3) is 5.78. The van der Waals surface area contributed by atoms with Gasteiger partial charge in [-0.3, -0.25) is 10.1 Å². The highest BCUT2D eigenvalue weighted by Crippen LogP contribution is 2.34. The van der Waals surface area contributed by atoms with Crippen molar-refractivity contribution in [2.45, 2.75) is 33.6 Å². The van der Waals surface area contributed by atoms with Gasteiger partial charge < -0.3 is 19.6 Å². The van der Waals surface area contributed by atoms with Crippen LogP contribution in [-0.4, -0.2) is 27.7 Å². The Morgan fingerprint density at radius 3 is 2.60 bits per heavy atom. The molecule has 4 aromatic rings. The number of fused-ring (bicyclic) bond motifs is 1. The first-order valence-electron chi connectivity index (χ1n) is 11.4. The van der Waals surface area contributed by atoms with E-state index in [0.717, 1.165) is 35.2 Å². The van der Waals surface area contributed by atoms with E-state index in [1.54, 1.807) is 36.4 Å². The highest BCUT2D eigenvalue weighted by Gasteiger charge is 2.15. The minimum Gasteiger partial charge on any atom is -0.507 e. The summed E-state index contributed by atoms with van der Waals surface area (Å²) < 4.78 is 11.5.